The van der Waals surface area contributed by atoms with Crippen LogP contribution in [0.3, 0.4) is 0 Å². The molecule has 2 atom stereocenters. The summed E-state index contributed by atoms with van der Waals surface area (Å²) in [5, 5.41) is 3.83. The van der Waals surface area contributed by atoms with Gasteiger partial charge in [-0.2, -0.15) is 0 Å². The van der Waals surface area contributed by atoms with Gasteiger partial charge in [-0.3, -0.25) is 0 Å². The van der Waals surface area contributed by atoms with Crippen molar-refractivity contribution in [2.45, 2.75) is 58.9 Å². The number of hydrogen-bond acceptors (Lipinski definition) is 2. The second kappa shape index (κ2) is 6.91. The van der Waals surface area contributed by atoms with Gasteiger partial charge in [0.1, 0.15) is 0 Å². The molecule has 2 heteroatoms. The van der Waals surface area contributed by atoms with Gasteiger partial charge >= 0.3 is 0 Å². The first-order valence-corrected chi connectivity index (χ1v) is 8.14. The van der Waals surface area contributed by atoms with Crippen molar-refractivity contribution in [2.24, 2.45) is 17.8 Å². The van der Waals surface area contributed by atoms with Crippen molar-refractivity contribution in [1.29, 1.82) is 0 Å². The molecule has 2 nitrogen and oxygen atoms in total. The third-order valence-electron chi connectivity index (χ3n) is 4.72. The van der Waals surface area contributed by atoms with Crippen molar-refractivity contribution >= 4 is 0 Å². The van der Waals surface area contributed by atoms with E-state index in [1.54, 1.807) is 0 Å². The molecule has 0 aromatic carbocycles. The summed E-state index contributed by atoms with van der Waals surface area (Å²) in [6.07, 6.45) is 7.01. The Labute approximate surface area is 114 Å². The molecule has 2 rings (SSSR count). The molecule has 0 spiro atoms. The lowest BCUT2D eigenvalue weighted by Crippen LogP contribution is -2.50. The van der Waals surface area contributed by atoms with Crippen molar-refractivity contribution in [2.75, 3.05) is 26.2 Å². The fraction of sp³-hybridized carbons (Fsp3) is 1.00. The molecule has 0 aromatic heterocycles. The van der Waals surface area contributed by atoms with E-state index < -0.39 is 0 Å². The van der Waals surface area contributed by atoms with Crippen LogP contribution in [0.1, 0.15) is 52.9 Å². The summed E-state index contributed by atoms with van der Waals surface area (Å²) in [4.78, 5) is 2.71. The molecule has 0 amide bonds. The molecule has 1 aliphatic carbocycles. The van der Waals surface area contributed by atoms with Crippen molar-refractivity contribution in [3.05, 3.63) is 0 Å². The van der Waals surface area contributed by atoms with Crippen LogP contribution in [0.4, 0.5) is 0 Å². The van der Waals surface area contributed by atoms with Crippen molar-refractivity contribution < 1.29 is 0 Å². The average molecular weight is 252 g/mol. The maximum atomic E-state index is 3.83. The predicted octanol–water partition coefficient (Wildman–Crippen LogP) is 3.13. The number of nitrogens with zero attached hydrogens (tertiary/aromatic N) is 1. The highest BCUT2D eigenvalue weighted by Gasteiger charge is 2.30. The van der Waals surface area contributed by atoms with Crippen LogP contribution >= 0.6 is 0 Å². The number of nitrogens with one attached hydrogen (secondary N) is 1. The zero-order valence-electron chi connectivity index (χ0n) is 12.6. The second-order valence-corrected chi connectivity index (χ2v) is 6.90. The molecule has 2 fully saturated rings. The SMILES string of the molecule is CCCCN1CC(NCC2CC2)CC(C(C)C)C1. The van der Waals surface area contributed by atoms with Gasteiger partial charge in [0.2, 0.25) is 0 Å². The Kier molecular flexibility index (Phi) is 5.50. The van der Waals surface area contributed by atoms with E-state index in [1.807, 2.05) is 0 Å². The highest BCUT2D eigenvalue weighted by Crippen LogP contribution is 2.29. The third-order valence-corrected chi connectivity index (χ3v) is 4.72. The Hall–Kier alpha value is -0.0800. The molecule has 2 unspecified atom stereocenters. The van der Waals surface area contributed by atoms with E-state index in [2.05, 4.69) is 31.0 Å². The zero-order valence-corrected chi connectivity index (χ0v) is 12.6. The van der Waals surface area contributed by atoms with Gasteiger partial charge in [-0.05, 0) is 56.5 Å². The molecule has 18 heavy (non-hydrogen) atoms. The lowest BCUT2D eigenvalue weighted by atomic mass is 9.85. The van der Waals surface area contributed by atoms with Crippen LogP contribution < -0.4 is 5.32 Å². The Morgan fingerprint density at radius 1 is 1.22 bits per heavy atom. The largest absolute Gasteiger partial charge is 0.312 e. The van der Waals surface area contributed by atoms with E-state index in [9.17, 15) is 0 Å². The average Bonchev–Trinajstić information content (AvgIpc) is 3.17. The number of rotatable bonds is 7. The molecule has 1 N–H and O–H groups in total. The lowest BCUT2D eigenvalue weighted by Gasteiger charge is -2.40. The molecule has 2 aliphatic rings. The van der Waals surface area contributed by atoms with E-state index in [0.717, 1.165) is 23.8 Å². The predicted molar refractivity (Wildman–Crippen MR) is 78.8 cm³/mol. The van der Waals surface area contributed by atoms with Gasteiger partial charge in [0.25, 0.3) is 0 Å². The molecule has 0 aromatic rings. The summed E-state index contributed by atoms with van der Waals surface area (Å²) in [5.74, 6) is 2.74. The zero-order chi connectivity index (χ0) is 13.0. The van der Waals surface area contributed by atoms with E-state index >= 15 is 0 Å². The Bertz CT molecular complexity index is 235. The number of likely N-dealkylation sites (tertiary alicyclic amines) is 1. The Balaban J connectivity index is 1.79. The monoisotopic (exact) mass is 252 g/mol. The smallest absolute Gasteiger partial charge is 0.0198 e. The summed E-state index contributed by atoms with van der Waals surface area (Å²) in [5.41, 5.74) is 0. The first-order valence-electron chi connectivity index (χ1n) is 8.14. The standard InChI is InChI=1S/C16H32N2/c1-4-5-8-18-11-15(13(2)3)9-16(12-18)17-10-14-6-7-14/h13-17H,4-12H2,1-3H3. The molecule has 1 saturated carbocycles. The second-order valence-electron chi connectivity index (χ2n) is 6.90. The topological polar surface area (TPSA) is 15.3 Å². The van der Waals surface area contributed by atoms with Gasteiger partial charge in [0.15, 0.2) is 0 Å². The van der Waals surface area contributed by atoms with Gasteiger partial charge < -0.3 is 10.2 Å². The minimum atomic E-state index is 0.753. The number of unbranched alkanes of at least 4 members (excludes halogenated alkanes) is 1. The summed E-state index contributed by atoms with van der Waals surface area (Å²) < 4.78 is 0. The first-order chi connectivity index (χ1) is 8.69. The third kappa shape index (κ3) is 4.55. The van der Waals surface area contributed by atoms with Crippen molar-refractivity contribution in [3.8, 4) is 0 Å². The van der Waals surface area contributed by atoms with E-state index in [-0.39, 0.29) is 0 Å². The van der Waals surface area contributed by atoms with Gasteiger partial charge in [-0.1, -0.05) is 27.2 Å². The van der Waals surface area contributed by atoms with E-state index in [0.29, 0.717) is 0 Å². The molecule has 1 heterocycles. The van der Waals surface area contributed by atoms with Crippen LogP contribution in [-0.2, 0) is 0 Å². The van der Waals surface area contributed by atoms with Crippen LogP contribution in [0.5, 0.6) is 0 Å². The summed E-state index contributed by atoms with van der Waals surface area (Å²) >= 11 is 0. The summed E-state index contributed by atoms with van der Waals surface area (Å²) in [6.45, 7) is 12.3. The molecule has 0 bridgehead atoms. The van der Waals surface area contributed by atoms with Gasteiger partial charge in [0, 0.05) is 19.1 Å². The minimum Gasteiger partial charge on any atom is -0.312 e. The highest BCUT2D eigenvalue weighted by atomic mass is 15.2. The molecule has 0 radical (unpaired) electrons. The molecular weight excluding hydrogens is 220 g/mol. The van der Waals surface area contributed by atoms with Crippen LogP contribution in [-0.4, -0.2) is 37.1 Å². The number of piperidine rings is 1. The van der Waals surface area contributed by atoms with Crippen LogP contribution in [0.2, 0.25) is 0 Å². The first kappa shape index (κ1) is 14.3. The minimum absolute atomic E-state index is 0.753. The van der Waals surface area contributed by atoms with Gasteiger partial charge in [0.05, 0.1) is 0 Å². The molecule has 106 valence electrons. The van der Waals surface area contributed by atoms with E-state index in [4.69, 9.17) is 0 Å². The van der Waals surface area contributed by atoms with Crippen LogP contribution in [0.15, 0.2) is 0 Å². The van der Waals surface area contributed by atoms with E-state index in [1.165, 1.54) is 58.3 Å². The fourth-order valence-corrected chi connectivity index (χ4v) is 3.08. The molecule has 1 aliphatic heterocycles. The van der Waals surface area contributed by atoms with Crippen LogP contribution in [0.25, 0.3) is 0 Å². The maximum Gasteiger partial charge on any atom is 0.0198 e. The molecule has 1 saturated heterocycles. The van der Waals surface area contributed by atoms with Crippen LogP contribution in [0, 0.1) is 17.8 Å². The fourth-order valence-electron chi connectivity index (χ4n) is 3.08. The summed E-state index contributed by atoms with van der Waals surface area (Å²) in [7, 11) is 0. The Morgan fingerprint density at radius 2 is 2.00 bits per heavy atom. The maximum absolute atomic E-state index is 3.83. The quantitative estimate of drug-likeness (QED) is 0.749. The molecular formula is C16H32N2. The van der Waals surface area contributed by atoms with Crippen molar-refractivity contribution in [1.82, 2.24) is 10.2 Å². The normalized spacial score (nSPS) is 30.0. The number of hydrogen-bond donors (Lipinski definition) is 1. The Morgan fingerprint density at radius 3 is 2.61 bits per heavy atom. The van der Waals surface area contributed by atoms with Crippen molar-refractivity contribution in [3.63, 3.8) is 0 Å². The van der Waals surface area contributed by atoms with Gasteiger partial charge in [-0.15, -0.1) is 0 Å². The lowest BCUT2D eigenvalue weighted by molar-refractivity contribution is 0.114. The summed E-state index contributed by atoms with van der Waals surface area (Å²) in [6, 6.07) is 0.753. The van der Waals surface area contributed by atoms with Gasteiger partial charge in [-0.25, -0.2) is 0 Å². The highest BCUT2D eigenvalue weighted by molar-refractivity contribution is 4.86.